The van der Waals surface area contributed by atoms with Gasteiger partial charge in [-0.05, 0) is 34.4 Å². The molecule has 0 saturated heterocycles. The molecule has 20 heavy (non-hydrogen) atoms. The second-order valence-electron chi connectivity index (χ2n) is 4.58. The van der Waals surface area contributed by atoms with Crippen LogP contribution >= 0.6 is 0 Å². The summed E-state index contributed by atoms with van der Waals surface area (Å²) in [4.78, 5) is 0. The lowest BCUT2D eigenvalue weighted by molar-refractivity contribution is 1.52. The second-order valence-corrected chi connectivity index (χ2v) is 4.58. The minimum atomic E-state index is 1.02. The highest BCUT2D eigenvalue weighted by atomic mass is 14.2. The maximum absolute atomic E-state index is 3.97. The summed E-state index contributed by atoms with van der Waals surface area (Å²) in [5.41, 5.74) is 6.43. The molecule has 0 nitrogen and oxygen atoms in total. The van der Waals surface area contributed by atoms with Crippen LogP contribution in [0.2, 0.25) is 0 Å². The van der Waals surface area contributed by atoms with Gasteiger partial charge in [-0.1, -0.05) is 73.5 Å². The largest absolute Gasteiger partial charge is 0.0984 e. The first kappa shape index (κ1) is 12.3. The zero-order chi connectivity index (χ0) is 13.9. The van der Waals surface area contributed by atoms with Crippen LogP contribution in [0.15, 0.2) is 73.8 Å². The molecule has 0 atom stereocenters. The van der Waals surface area contributed by atoms with Crippen LogP contribution in [0.4, 0.5) is 0 Å². The van der Waals surface area contributed by atoms with E-state index >= 15 is 0 Å². The lowest BCUT2D eigenvalue weighted by Gasteiger charge is -2.15. The van der Waals surface area contributed by atoms with Crippen molar-refractivity contribution in [2.24, 2.45) is 0 Å². The van der Waals surface area contributed by atoms with Crippen LogP contribution in [0.3, 0.4) is 0 Å². The van der Waals surface area contributed by atoms with Crippen molar-refractivity contribution < 1.29 is 0 Å². The van der Waals surface area contributed by atoms with Gasteiger partial charge in [0.25, 0.3) is 0 Å². The maximum Gasteiger partial charge on any atom is 0.0327 e. The first-order valence-corrected chi connectivity index (χ1v) is 6.55. The van der Waals surface area contributed by atoms with E-state index in [1.165, 1.54) is 0 Å². The van der Waals surface area contributed by atoms with Gasteiger partial charge in [0.15, 0.2) is 0 Å². The van der Waals surface area contributed by atoms with Crippen LogP contribution in [-0.2, 0) is 0 Å². The third-order valence-electron chi connectivity index (χ3n) is 3.46. The molecule has 0 heteroatoms. The van der Waals surface area contributed by atoms with Gasteiger partial charge < -0.3 is 0 Å². The van der Waals surface area contributed by atoms with E-state index in [0.717, 1.165) is 33.4 Å². The Morgan fingerprint density at radius 2 is 1.05 bits per heavy atom. The minimum absolute atomic E-state index is 1.02. The predicted molar refractivity (Wildman–Crippen MR) is 86.1 cm³/mol. The van der Waals surface area contributed by atoms with E-state index in [1.54, 1.807) is 0 Å². The molecule has 0 N–H and O–H groups in total. The van der Waals surface area contributed by atoms with Crippen molar-refractivity contribution in [3.63, 3.8) is 0 Å². The van der Waals surface area contributed by atoms with Gasteiger partial charge in [0.1, 0.15) is 0 Å². The molecule has 0 amide bonds. The van der Waals surface area contributed by atoms with E-state index in [9.17, 15) is 0 Å². The third-order valence-corrected chi connectivity index (χ3v) is 3.46. The Morgan fingerprint density at radius 3 is 1.45 bits per heavy atom. The maximum atomic E-state index is 3.97. The number of hydrogen-bond donors (Lipinski definition) is 0. The number of allylic oxidation sites excluding steroid dienone is 4. The Kier molecular flexibility index (Phi) is 3.11. The molecule has 0 aliphatic heterocycles. The molecule has 0 bridgehead atoms. The molecule has 0 saturated carbocycles. The van der Waals surface area contributed by atoms with E-state index in [4.69, 9.17) is 0 Å². The van der Waals surface area contributed by atoms with Crippen molar-refractivity contribution in [1.82, 2.24) is 0 Å². The molecule has 0 unspecified atom stereocenters. The van der Waals surface area contributed by atoms with Gasteiger partial charge in [-0.2, -0.15) is 0 Å². The highest BCUT2D eigenvalue weighted by Crippen LogP contribution is 2.32. The number of fused-ring (bicyclic) bond motifs is 2. The molecule has 0 radical (unpaired) electrons. The molecule has 0 heterocycles. The Hall–Kier alpha value is -2.78. The SMILES string of the molecule is C=C/C1=C(\C=C)c2ccccc2C#Cc2ccccc21. The minimum Gasteiger partial charge on any atom is -0.0984 e. The van der Waals surface area contributed by atoms with E-state index in [-0.39, 0.29) is 0 Å². The summed E-state index contributed by atoms with van der Waals surface area (Å²) in [6, 6.07) is 16.3. The van der Waals surface area contributed by atoms with Crippen molar-refractivity contribution in [2.45, 2.75) is 0 Å². The molecule has 3 rings (SSSR count). The Balaban J connectivity index is 2.45. The van der Waals surface area contributed by atoms with Crippen LogP contribution in [0.25, 0.3) is 11.1 Å². The van der Waals surface area contributed by atoms with Gasteiger partial charge in [-0.15, -0.1) is 0 Å². The second kappa shape index (κ2) is 5.07. The number of benzene rings is 2. The average molecular weight is 254 g/mol. The van der Waals surface area contributed by atoms with E-state index in [1.807, 2.05) is 48.6 Å². The van der Waals surface area contributed by atoms with Gasteiger partial charge in [-0.3, -0.25) is 0 Å². The molecule has 94 valence electrons. The van der Waals surface area contributed by atoms with Crippen molar-refractivity contribution in [3.8, 4) is 11.8 Å². The molecule has 0 spiro atoms. The summed E-state index contributed by atoms with van der Waals surface area (Å²) < 4.78 is 0. The smallest absolute Gasteiger partial charge is 0.0327 e. The van der Waals surface area contributed by atoms with Gasteiger partial charge in [-0.25, -0.2) is 0 Å². The van der Waals surface area contributed by atoms with Crippen molar-refractivity contribution in [3.05, 3.63) is 96.1 Å². The lowest BCUT2D eigenvalue weighted by atomic mass is 9.88. The van der Waals surface area contributed by atoms with Crippen LogP contribution in [0, 0.1) is 11.8 Å². The molecule has 0 fully saturated rings. The summed E-state index contributed by atoms with van der Waals surface area (Å²) in [7, 11) is 0. The first-order chi connectivity index (χ1) is 9.85. The first-order valence-electron chi connectivity index (χ1n) is 6.55. The molecular formula is C20H14. The standard InChI is InChI=1S/C20H14/c1-3-17-18(4-2)20-12-8-6-10-16(20)14-13-15-9-5-7-11-19(15)17/h3-12H,1-2H2/b18-17-,19-17?,20-18?. The van der Waals surface area contributed by atoms with Gasteiger partial charge >= 0.3 is 0 Å². The van der Waals surface area contributed by atoms with Crippen LogP contribution in [-0.4, -0.2) is 0 Å². The van der Waals surface area contributed by atoms with E-state index in [0.29, 0.717) is 0 Å². The van der Waals surface area contributed by atoms with Crippen LogP contribution < -0.4 is 0 Å². The summed E-state index contributed by atoms with van der Waals surface area (Å²) in [5, 5.41) is 0. The Morgan fingerprint density at radius 1 is 0.650 bits per heavy atom. The monoisotopic (exact) mass is 254 g/mol. The van der Waals surface area contributed by atoms with Gasteiger partial charge in [0.05, 0.1) is 0 Å². The fourth-order valence-corrected chi connectivity index (χ4v) is 2.52. The fraction of sp³-hybridized carbons (Fsp3) is 0. The molecule has 1 aliphatic rings. The summed E-state index contributed by atoms with van der Waals surface area (Å²) in [6.07, 6.45) is 3.78. The highest BCUT2D eigenvalue weighted by molar-refractivity contribution is 6.02. The van der Waals surface area contributed by atoms with Crippen molar-refractivity contribution in [2.75, 3.05) is 0 Å². The van der Waals surface area contributed by atoms with Crippen molar-refractivity contribution >= 4 is 11.1 Å². The molecule has 2 aromatic carbocycles. The Labute approximate surface area is 119 Å². The van der Waals surface area contributed by atoms with Crippen molar-refractivity contribution in [1.29, 1.82) is 0 Å². The molecule has 2 aromatic rings. The molecular weight excluding hydrogens is 240 g/mol. The predicted octanol–water partition coefficient (Wildman–Crippen LogP) is 4.68. The average Bonchev–Trinajstić information content (AvgIpc) is 2.49. The highest BCUT2D eigenvalue weighted by Gasteiger charge is 2.13. The lowest BCUT2D eigenvalue weighted by Crippen LogP contribution is -1.97. The van der Waals surface area contributed by atoms with E-state index in [2.05, 4.69) is 37.1 Å². The number of hydrogen-bond acceptors (Lipinski definition) is 0. The van der Waals surface area contributed by atoms with Crippen LogP contribution in [0.1, 0.15) is 22.3 Å². The van der Waals surface area contributed by atoms with Gasteiger partial charge in [0, 0.05) is 11.1 Å². The zero-order valence-corrected chi connectivity index (χ0v) is 11.2. The van der Waals surface area contributed by atoms with Gasteiger partial charge in [0.2, 0.25) is 0 Å². The summed E-state index contributed by atoms with van der Waals surface area (Å²) in [6.45, 7) is 7.95. The zero-order valence-electron chi connectivity index (χ0n) is 11.2. The van der Waals surface area contributed by atoms with Crippen LogP contribution in [0.5, 0.6) is 0 Å². The Bertz CT molecular complexity index is 727. The normalized spacial score (nSPS) is 15.8. The molecule has 0 aromatic heterocycles. The summed E-state index contributed by atoms with van der Waals surface area (Å²) in [5.74, 6) is 6.53. The van der Waals surface area contributed by atoms with E-state index < -0.39 is 0 Å². The molecule has 1 aliphatic carbocycles. The fourth-order valence-electron chi connectivity index (χ4n) is 2.52. The third kappa shape index (κ3) is 1.90. The number of rotatable bonds is 2. The topological polar surface area (TPSA) is 0 Å². The summed E-state index contributed by atoms with van der Waals surface area (Å²) >= 11 is 0. The quantitative estimate of drug-likeness (QED) is 0.682.